The van der Waals surface area contributed by atoms with Crippen molar-refractivity contribution in [2.75, 3.05) is 4.90 Å². The van der Waals surface area contributed by atoms with E-state index in [0.717, 1.165) is 28.7 Å². The quantitative estimate of drug-likeness (QED) is 0.220. The van der Waals surface area contributed by atoms with Crippen LogP contribution in [0.4, 0.5) is 17.1 Å². The van der Waals surface area contributed by atoms with E-state index in [2.05, 4.69) is 13.2 Å². The predicted octanol–water partition coefficient (Wildman–Crippen LogP) is 6.82. The molecule has 1 unspecified atom stereocenters. The summed E-state index contributed by atoms with van der Waals surface area (Å²) in [6, 6.07) is 31.7. The maximum atomic E-state index is 12.8. The molecule has 35 heavy (non-hydrogen) atoms. The molecule has 0 heterocycles. The number of nitrogens with zero attached hydrogens (tertiary/aromatic N) is 1. The number of hydrogen-bond acceptors (Lipinski definition) is 4. The van der Waals surface area contributed by atoms with Gasteiger partial charge in [-0.05, 0) is 65.7 Å². The molecule has 0 aliphatic rings. The molecule has 0 amide bonds. The van der Waals surface area contributed by atoms with Gasteiger partial charge in [-0.3, -0.25) is 9.59 Å². The minimum Gasteiger partial charge on any atom is -0.380 e. The third-order valence-electron chi connectivity index (χ3n) is 5.75. The van der Waals surface area contributed by atoms with Gasteiger partial charge in [0.05, 0.1) is 0 Å². The summed E-state index contributed by atoms with van der Waals surface area (Å²) in [5.41, 5.74) is 5.33. The van der Waals surface area contributed by atoms with Crippen molar-refractivity contribution in [2.45, 2.75) is 6.10 Å². The molecule has 0 aliphatic heterocycles. The number of aliphatic hydroxyl groups excluding tert-OH is 1. The standard InChI is InChI=1S/C31H25NO3/c1-3-22-10-16-26(17-11-22)32(28-20-14-25(15-21-28)31(35)29(33)4-2)27-18-12-24(13-19-27)30(34)23-8-6-5-7-9-23/h3-21,31,35H,1-2H2. The Labute approximate surface area is 205 Å². The van der Waals surface area contributed by atoms with Gasteiger partial charge in [-0.2, -0.15) is 0 Å². The van der Waals surface area contributed by atoms with E-state index in [1.54, 1.807) is 30.3 Å². The van der Waals surface area contributed by atoms with Crippen LogP contribution in [0.15, 0.2) is 122 Å². The van der Waals surface area contributed by atoms with Crippen LogP contribution in [0.5, 0.6) is 0 Å². The number of aliphatic hydroxyl groups is 1. The largest absolute Gasteiger partial charge is 0.380 e. The Morgan fingerprint density at radius 1 is 0.686 bits per heavy atom. The molecule has 4 rings (SSSR count). The highest BCUT2D eigenvalue weighted by Gasteiger charge is 2.17. The number of carbonyl (C=O) groups is 2. The van der Waals surface area contributed by atoms with E-state index in [4.69, 9.17) is 0 Å². The van der Waals surface area contributed by atoms with Gasteiger partial charge in [0.25, 0.3) is 0 Å². The third-order valence-corrected chi connectivity index (χ3v) is 5.75. The van der Waals surface area contributed by atoms with Gasteiger partial charge in [-0.1, -0.05) is 73.8 Å². The zero-order valence-corrected chi connectivity index (χ0v) is 19.2. The molecule has 4 heteroatoms. The van der Waals surface area contributed by atoms with Crippen LogP contribution in [0.3, 0.4) is 0 Å². The molecule has 0 bridgehead atoms. The van der Waals surface area contributed by atoms with Crippen LogP contribution in [0.1, 0.15) is 33.2 Å². The Kier molecular flexibility index (Phi) is 7.15. The molecule has 4 aromatic carbocycles. The summed E-state index contributed by atoms with van der Waals surface area (Å²) >= 11 is 0. The zero-order valence-electron chi connectivity index (χ0n) is 19.2. The first-order valence-corrected chi connectivity index (χ1v) is 11.2. The molecule has 4 nitrogen and oxygen atoms in total. The minimum atomic E-state index is -1.25. The number of anilines is 3. The average molecular weight is 460 g/mol. The second kappa shape index (κ2) is 10.6. The third kappa shape index (κ3) is 5.18. The van der Waals surface area contributed by atoms with Gasteiger partial charge in [-0.25, -0.2) is 0 Å². The van der Waals surface area contributed by atoms with E-state index < -0.39 is 11.9 Å². The first-order chi connectivity index (χ1) is 17.0. The number of carbonyl (C=O) groups excluding carboxylic acids is 2. The highest BCUT2D eigenvalue weighted by atomic mass is 16.3. The summed E-state index contributed by atoms with van der Waals surface area (Å²) in [5.74, 6) is -0.488. The maximum absolute atomic E-state index is 12.8. The lowest BCUT2D eigenvalue weighted by Crippen LogP contribution is -2.12. The molecule has 0 radical (unpaired) electrons. The molecule has 1 atom stereocenters. The van der Waals surface area contributed by atoms with Gasteiger partial charge in [0.2, 0.25) is 0 Å². The Hall–Kier alpha value is -4.54. The lowest BCUT2D eigenvalue weighted by molar-refractivity contribution is -0.122. The van der Waals surface area contributed by atoms with Crippen molar-refractivity contribution in [1.29, 1.82) is 0 Å². The fraction of sp³-hybridized carbons (Fsp3) is 0.0323. The fourth-order valence-electron chi connectivity index (χ4n) is 3.81. The summed E-state index contributed by atoms with van der Waals surface area (Å²) in [4.78, 5) is 26.7. The van der Waals surface area contributed by atoms with Gasteiger partial charge in [0.15, 0.2) is 11.6 Å². The van der Waals surface area contributed by atoms with E-state index in [9.17, 15) is 14.7 Å². The number of benzene rings is 4. The molecule has 1 N–H and O–H groups in total. The van der Waals surface area contributed by atoms with Gasteiger partial charge < -0.3 is 10.0 Å². The van der Waals surface area contributed by atoms with Crippen molar-refractivity contribution >= 4 is 34.7 Å². The topological polar surface area (TPSA) is 57.6 Å². The van der Waals surface area contributed by atoms with Crippen molar-refractivity contribution in [3.05, 3.63) is 145 Å². The number of ketones is 2. The molecule has 0 fully saturated rings. The SMILES string of the molecule is C=CC(=O)C(O)c1ccc(N(c2ccc(C=C)cc2)c2ccc(C(=O)c3ccccc3)cc2)cc1. The maximum Gasteiger partial charge on any atom is 0.193 e. The van der Waals surface area contributed by atoms with E-state index in [-0.39, 0.29) is 5.78 Å². The second-order valence-electron chi connectivity index (χ2n) is 7.97. The molecule has 172 valence electrons. The fourth-order valence-corrected chi connectivity index (χ4v) is 3.81. The predicted molar refractivity (Wildman–Crippen MR) is 141 cm³/mol. The van der Waals surface area contributed by atoms with Crippen LogP contribution in [0, 0.1) is 0 Å². The summed E-state index contributed by atoms with van der Waals surface area (Å²) in [5, 5.41) is 10.2. The van der Waals surface area contributed by atoms with Crippen LogP contribution in [0.2, 0.25) is 0 Å². The molecular weight excluding hydrogens is 434 g/mol. The summed E-state index contributed by atoms with van der Waals surface area (Å²) in [6.45, 7) is 7.25. The Balaban J connectivity index is 1.71. The second-order valence-corrected chi connectivity index (χ2v) is 7.97. The average Bonchev–Trinajstić information content (AvgIpc) is 2.93. The van der Waals surface area contributed by atoms with Crippen molar-refractivity contribution in [2.24, 2.45) is 0 Å². The number of rotatable bonds is 9. The van der Waals surface area contributed by atoms with E-state index in [1.807, 2.05) is 83.8 Å². The number of hydrogen-bond donors (Lipinski definition) is 1. The Morgan fingerprint density at radius 3 is 1.69 bits per heavy atom. The van der Waals surface area contributed by atoms with Crippen LogP contribution < -0.4 is 4.90 Å². The van der Waals surface area contributed by atoms with Crippen molar-refractivity contribution in [1.82, 2.24) is 0 Å². The molecule has 0 saturated carbocycles. The Morgan fingerprint density at radius 2 is 1.17 bits per heavy atom. The van der Waals surface area contributed by atoms with Gasteiger partial charge in [0, 0.05) is 28.2 Å². The molecule has 0 spiro atoms. The molecule has 0 aromatic heterocycles. The monoisotopic (exact) mass is 459 g/mol. The van der Waals surface area contributed by atoms with Crippen LogP contribution in [-0.4, -0.2) is 16.7 Å². The minimum absolute atomic E-state index is 0.0377. The molecule has 0 saturated heterocycles. The molecular formula is C31H25NO3. The van der Waals surface area contributed by atoms with E-state index >= 15 is 0 Å². The van der Waals surface area contributed by atoms with Gasteiger partial charge >= 0.3 is 0 Å². The van der Waals surface area contributed by atoms with E-state index in [1.165, 1.54) is 0 Å². The first-order valence-electron chi connectivity index (χ1n) is 11.2. The normalized spacial score (nSPS) is 11.3. The lowest BCUT2D eigenvalue weighted by atomic mass is 10.0. The van der Waals surface area contributed by atoms with E-state index in [0.29, 0.717) is 16.7 Å². The summed E-state index contributed by atoms with van der Waals surface area (Å²) < 4.78 is 0. The van der Waals surface area contributed by atoms with Crippen LogP contribution >= 0.6 is 0 Å². The molecule has 4 aromatic rings. The molecule has 0 aliphatic carbocycles. The van der Waals surface area contributed by atoms with Crippen molar-refractivity contribution < 1.29 is 14.7 Å². The van der Waals surface area contributed by atoms with Gasteiger partial charge in [-0.15, -0.1) is 0 Å². The zero-order chi connectivity index (χ0) is 24.8. The lowest BCUT2D eigenvalue weighted by Gasteiger charge is -2.26. The van der Waals surface area contributed by atoms with Crippen LogP contribution in [0.25, 0.3) is 6.08 Å². The van der Waals surface area contributed by atoms with Crippen molar-refractivity contribution in [3.8, 4) is 0 Å². The summed E-state index contributed by atoms with van der Waals surface area (Å²) in [7, 11) is 0. The van der Waals surface area contributed by atoms with Gasteiger partial charge in [0.1, 0.15) is 6.10 Å². The van der Waals surface area contributed by atoms with Crippen molar-refractivity contribution in [3.63, 3.8) is 0 Å². The summed E-state index contributed by atoms with van der Waals surface area (Å²) in [6.07, 6.45) is 1.65. The Bertz CT molecular complexity index is 1340. The highest BCUT2D eigenvalue weighted by Crippen LogP contribution is 2.35. The van der Waals surface area contributed by atoms with Crippen LogP contribution in [-0.2, 0) is 4.79 Å². The first kappa shape index (κ1) is 23.6. The highest BCUT2D eigenvalue weighted by molar-refractivity contribution is 6.09. The smallest absolute Gasteiger partial charge is 0.193 e.